The molecule has 0 bridgehead atoms. The summed E-state index contributed by atoms with van der Waals surface area (Å²) in [6.07, 6.45) is 5.49. The van der Waals surface area contributed by atoms with Gasteiger partial charge >= 0.3 is 0 Å². The zero-order chi connectivity index (χ0) is 26.0. The molecule has 5 nitrogen and oxygen atoms in total. The van der Waals surface area contributed by atoms with E-state index in [-0.39, 0.29) is 5.56 Å². The maximum Gasteiger partial charge on any atom is 0.248 e. The first kappa shape index (κ1) is 33.2. The van der Waals surface area contributed by atoms with Crippen molar-refractivity contribution in [2.24, 2.45) is 11.7 Å². The van der Waals surface area contributed by atoms with Gasteiger partial charge in [-0.1, -0.05) is 50.5 Å². The van der Waals surface area contributed by atoms with Gasteiger partial charge in [-0.25, -0.2) is 4.39 Å². The number of carbonyl (C=O) groups is 1. The highest BCUT2D eigenvalue weighted by molar-refractivity contribution is 5.92. The SMILES string of the molecule is CC/C=C(C)\C(C)=C(/C)C(C)N1CC(C)C1.CCCCO.CO.NC(=O)c1cccc(F)c1. The Morgan fingerprint density at radius 3 is 2.15 bits per heavy atom. The topological polar surface area (TPSA) is 86.8 Å². The van der Waals surface area contributed by atoms with Crippen LogP contribution in [-0.4, -0.2) is 53.9 Å². The molecule has 33 heavy (non-hydrogen) atoms. The minimum Gasteiger partial charge on any atom is -0.400 e. The van der Waals surface area contributed by atoms with Crippen molar-refractivity contribution in [2.75, 3.05) is 26.8 Å². The molecule has 0 radical (unpaired) electrons. The van der Waals surface area contributed by atoms with Gasteiger partial charge in [-0.2, -0.15) is 0 Å². The van der Waals surface area contributed by atoms with Crippen LogP contribution in [0.2, 0.25) is 0 Å². The average Bonchev–Trinajstić information content (AvgIpc) is 2.78. The maximum atomic E-state index is 12.3. The van der Waals surface area contributed by atoms with E-state index < -0.39 is 11.7 Å². The lowest BCUT2D eigenvalue weighted by Gasteiger charge is -2.42. The molecule has 4 N–H and O–H groups in total. The van der Waals surface area contributed by atoms with E-state index in [1.165, 1.54) is 48.0 Å². The van der Waals surface area contributed by atoms with Crippen LogP contribution < -0.4 is 5.73 Å². The number of allylic oxidation sites excluding steroid dienone is 3. The van der Waals surface area contributed by atoms with E-state index in [1.54, 1.807) is 0 Å². The molecule has 2 rings (SSSR count). The molecule has 1 saturated heterocycles. The van der Waals surface area contributed by atoms with Crippen molar-refractivity contribution < 1.29 is 19.4 Å². The number of hydrogen-bond donors (Lipinski definition) is 3. The second-order valence-electron chi connectivity index (χ2n) is 8.29. The lowest BCUT2D eigenvalue weighted by molar-refractivity contribution is 0.0854. The molecular weight excluding hydrogens is 419 g/mol. The highest BCUT2D eigenvalue weighted by Gasteiger charge is 2.27. The molecule has 0 aliphatic carbocycles. The Bertz CT molecular complexity index is 724. The Morgan fingerprint density at radius 1 is 1.24 bits per heavy atom. The quantitative estimate of drug-likeness (QED) is 0.474. The number of primary amides is 1. The summed E-state index contributed by atoms with van der Waals surface area (Å²) in [5, 5.41) is 15.1. The Balaban J connectivity index is 0. The zero-order valence-electron chi connectivity index (χ0n) is 22.0. The summed E-state index contributed by atoms with van der Waals surface area (Å²) in [5.41, 5.74) is 9.53. The molecule has 0 spiro atoms. The van der Waals surface area contributed by atoms with Crippen LogP contribution in [-0.2, 0) is 0 Å². The number of unbranched alkanes of at least 4 members (excludes halogenated alkanes) is 1. The predicted molar refractivity (Wildman–Crippen MR) is 138 cm³/mol. The number of benzene rings is 1. The van der Waals surface area contributed by atoms with Crippen LogP contribution in [0.5, 0.6) is 0 Å². The van der Waals surface area contributed by atoms with Gasteiger partial charge < -0.3 is 15.9 Å². The van der Waals surface area contributed by atoms with Crippen LogP contribution >= 0.6 is 0 Å². The fourth-order valence-corrected chi connectivity index (χ4v) is 3.22. The fraction of sp³-hybridized carbons (Fsp3) is 0.593. The standard InChI is InChI=1S/C15H27N.C7H6FNO.C4H10O.CH4O/c1-7-8-12(3)13(4)14(5)15(6)16-9-11(2)10-16;8-6-3-1-2-5(4-6)7(9)10;1-2-3-4-5;1-2/h8,11,15H,7,9-10H2,1-6H3;1-4H,(H2,9,10);5H,2-4H2,1H3;2H,1H3/b12-8-,14-13+;;;. The minimum absolute atomic E-state index is 0.194. The smallest absolute Gasteiger partial charge is 0.248 e. The van der Waals surface area contributed by atoms with Crippen LogP contribution in [0.1, 0.15) is 78.1 Å². The van der Waals surface area contributed by atoms with Gasteiger partial charge in [0.25, 0.3) is 0 Å². The monoisotopic (exact) mass is 466 g/mol. The molecule has 0 aromatic heterocycles. The molecule has 1 heterocycles. The van der Waals surface area contributed by atoms with Gasteiger partial charge in [-0.05, 0) is 70.2 Å². The van der Waals surface area contributed by atoms with Gasteiger partial charge in [0.15, 0.2) is 0 Å². The van der Waals surface area contributed by atoms with E-state index in [0.29, 0.717) is 12.6 Å². The predicted octanol–water partition coefficient (Wildman–Crippen LogP) is 5.33. The highest BCUT2D eigenvalue weighted by Crippen LogP contribution is 2.25. The molecule has 1 aliphatic rings. The van der Waals surface area contributed by atoms with Gasteiger partial charge in [0.2, 0.25) is 5.91 Å². The van der Waals surface area contributed by atoms with Gasteiger partial charge in [-0.3, -0.25) is 9.69 Å². The molecule has 1 aromatic carbocycles. The van der Waals surface area contributed by atoms with Crippen molar-refractivity contribution in [3.63, 3.8) is 0 Å². The highest BCUT2D eigenvalue weighted by atomic mass is 19.1. The second-order valence-corrected chi connectivity index (χ2v) is 8.29. The number of halogens is 1. The van der Waals surface area contributed by atoms with Crippen molar-refractivity contribution >= 4 is 5.91 Å². The number of carbonyl (C=O) groups excluding carboxylic acids is 1. The minimum atomic E-state index is -0.612. The number of amides is 1. The second kappa shape index (κ2) is 19.4. The van der Waals surface area contributed by atoms with Crippen LogP contribution in [0.15, 0.2) is 47.1 Å². The lowest BCUT2D eigenvalue weighted by atomic mass is 9.93. The van der Waals surface area contributed by atoms with Gasteiger partial charge in [0, 0.05) is 38.4 Å². The number of rotatable bonds is 7. The molecule has 1 atom stereocenters. The average molecular weight is 467 g/mol. The summed E-state index contributed by atoms with van der Waals surface area (Å²) in [5.74, 6) is -0.168. The first-order valence-corrected chi connectivity index (χ1v) is 11.8. The molecule has 190 valence electrons. The van der Waals surface area contributed by atoms with Crippen molar-refractivity contribution in [3.8, 4) is 0 Å². The van der Waals surface area contributed by atoms with Crippen molar-refractivity contribution in [3.05, 3.63) is 58.4 Å². The maximum absolute atomic E-state index is 12.3. The summed E-state index contributed by atoms with van der Waals surface area (Å²) < 4.78 is 12.3. The van der Waals surface area contributed by atoms with Gasteiger partial charge in [-0.15, -0.1) is 0 Å². The molecule has 6 heteroatoms. The Labute approximate surface area is 201 Å². The number of nitrogens with two attached hydrogens (primary N) is 1. The number of aliphatic hydroxyl groups is 2. The van der Waals surface area contributed by atoms with Crippen molar-refractivity contribution in [1.82, 2.24) is 4.90 Å². The number of aliphatic hydroxyl groups excluding tert-OH is 2. The zero-order valence-corrected chi connectivity index (χ0v) is 22.0. The molecule has 1 unspecified atom stereocenters. The molecule has 1 amide bonds. The van der Waals surface area contributed by atoms with Gasteiger partial charge in [0.1, 0.15) is 5.82 Å². The van der Waals surface area contributed by atoms with Crippen LogP contribution in [0.4, 0.5) is 4.39 Å². The lowest BCUT2D eigenvalue weighted by Crippen LogP contribution is -2.50. The Hall–Kier alpha value is -2.02. The largest absolute Gasteiger partial charge is 0.400 e. The van der Waals surface area contributed by atoms with Gasteiger partial charge in [0.05, 0.1) is 0 Å². The summed E-state index contributed by atoms with van der Waals surface area (Å²) in [6.45, 7) is 18.6. The summed E-state index contributed by atoms with van der Waals surface area (Å²) in [4.78, 5) is 13.0. The van der Waals surface area contributed by atoms with Crippen LogP contribution in [0.25, 0.3) is 0 Å². The summed E-state index contributed by atoms with van der Waals surface area (Å²) in [6, 6.07) is 5.87. The molecule has 1 aromatic rings. The Morgan fingerprint density at radius 2 is 1.82 bits per heavy atom. The summed E-state index contributed by atoms with van der Waals surface area (Å²) in [7, 11) is 1.00. The van der Waals surface area contributed by atoms with E-state index in [4.69, 9.17) is 15.9 Å². The third-order valence-electron chi connectivity index (χ3n) is 5.58. The molecule has 1 aliphatic heterocycles. The fourth-order valence-electron chi connectivity index (χ4n) is 3.22. The summed E-state index contributed by atoms with van der Waals surface area (Å²) >= 11 is 0. The number of nitrogens with zero attached hydrogens (tertiary/aromatic N) is 1. The van der Waals surface area contributed by atoms with Crippen LogP contribution in [0, 0.1) is 11.7 Å². The molecule has 0 saturated carbocycles. The third-order valence-corrected chi connectivity index (χ3v) is 5.58. The van der Waals surface area contributed by atoms with Crippen LogP contribution in [0.3, 0.4) is 0 Å². The van der Waals surface area contributed by atoms with E-state index in [9.17, 15) is 9.18 Å². The first-order valence-electron chi connectivity index (χ1n) is 11.8. The van der Waals surface area contributed by atoms with E-state index >= 15 is 0 Å². The number of hydrogen-bond acceptors (Lipinski definition) is 4. The van der Waals surface area contributed by atoms with Crippen molar-refractivity contribution in [2.45, 2.75) is 73.8 Å². The number of likely N-dealkylation sites (tertiary alicyclic amines) is 1. The Kier molecular flexibility index (Phi) is 19.5. The molecule has 1 fully saturated rings. The third kappa shape index (κ3) is 14.0. The van der Waals surface area contributed by atoms with Crippen molar-refractivity contribution in [1.29, 1.82) is 0 Å². The van der Waals surface area contributed by atoms with E-state index in [2.05, 4.69) is 59.4 Å². The molecular formula is C27H47FN2O3. The van der Waals surface area contributed by atoms with E-state index in [1.807, 2.05) is 0 Å². The van der Waals surface area contributed by atoms with E-state index in [0.717, 1.165) is 38.4 Å². The normalized spacial score (nSPS) is 15.3. The first-order chi connectivity index (χ1) is 15.6.